The third kappa shape index (κ3) is 3.60. The Hall–Kier alpha value is -2.31. The number of amides is 1. The molecular weight excluding hydrogens is 320 g/mol. The van der Waals surface area contributed by atoms with Crippen LogP contribution in [-0.2, 0) is 11.2 Å². The molecule has 1 atom stereocenters. The van der Waals surface area contributed by atoms with Crippen molar-refractivity contribution in [1.29, 1.82) is 0 Å². The van der Waals surface area contributed by atoms with E-state index in [1.807, 2.05) is 42.5 Å². The number of carbonyl (C=O) groups is 1. The van der Waals surface area contributed by atoms with Crippen LogP contribution < -0.4 is 16.8 Å². The Kier molecular flexibility index (Phi) is 4.87. The molecule has 0 radical (unpaired) electrons. The predicted octanol–water partition coefficient (Wildman–Crippen LogP) is 2.07. The van der Waals surface area contributed by atoms with Crippen molar-refractivity contribution >= 4 is 30.1 Å². The zero-order valence-corrected chi connectivity index (χ0v) is 14.1. The number of thiol groups is 1. The Bertz CT molecular complexity index is 803. The second-order valence-corrected chi connectivity index (χ2v) is 6.31. The van der Waals surface area contributed by atoms with E-state index in [1.165, 1.54) is 5.56 Å². The molecule has 2 aromatic carbocycles. The van der Waals surface area contributed by atoms with Crippen molar-refractivity contribution in [2.45, 2.75) is 23.8 Å². The van der Waals surface area contributed by atoms with Gasteiger partial charge in [0.05, 0.1) is 5.69 Å². The molecule has 0 aliphatic carbocycles. The number of hydrogen-bond donors (Lipinski definition) is 4. The fourth-order valence-corrected chi connectivity index (χ4v) is 3.24. The smallest absolute Gasteiger partial charge is 0.219 e. The number of primary amides is 1. The second kappa shape index (κ2) is 7.07. The summed E-state index contributed by atoms with van der Waals surface area (Å²) >= 11 is 4.41. The lowest BCUT2D eigenvalue weighted by Gasteiger charge is -2.26. The van der Waals surface area contributed by atoms with Crippen LogP contribution in [0, 0.1) is 0 Å². The number of rotatable bonds is 4. The van der Waals surface area contributed by atoms with Gasteiger partial charge in [-0.05, 0) is 42.3 Å². The van der Waals surface area contributed by atoms with E-state index >= 15 is 0 Å². The van der Waals surface area contributed by atoms with Crippen LogP contribution in [0.3, 0.4) is 0 Å². The van der Waals surface area contributed by atoms with Crippen molar-refractivity contribution in [2.75, 3.05) is 6.54 Å². The van der Waals surface area contributed by atoms with Crippen molar-refractivity contribution in [1.82, 2.24) is 5.32 Å². The van der Waals surface area contributed by atoms with Gasteiger partial charge in [0.25, 0.3) is 0 Å². The Morgan fingerprint density at radius 3 is 2.79 bits per heavy atom. The molecule has 3 rings (SSSR count). The van der Waals surface area contributed by atoms with E-state index in [-0.39, 0.29) is 18.4 Å². The maximum Gasteiger partial charge on any atom is 0.219 e. The molecule has 0 saturated heterocycles. The summed E-state index contributed by atoms with van der Waals surface area (Å²) in [4.78, 5) is 16.6. The van der Waals surface area contributed by atoms with E-state index in [2.05, 4.69) is 22.9 Å². The zero-order valence-electron chi connectivity index (χ0n) is 13.2. The van der Waals surface area contributed by atoms with Crippen LogP contribution in [0.2, 0.25) is 0 Å². The first-order valence-corrected chi connectivity index (χ1v) is 8.26. The lowest BCUT2D eigenvalue weighted by molar-refractivity contribution is -0.118. The van der Waals surface area contributed by atoms with Crippen molar-refractivity contribution in [3.05, 3.63) is 59.2 Å². The van der Waals surface area contributed by atoms with Crippen LogP contribution in [0.1, 0.15) is 29.2 Å². The van der Waals surface area contributed by atoms with Crippen molar-refractivity contribution in [3.63, 3.8) is 0 Å². The second-order valence-electron chi connectivity index (χ2n) is 5.82. The molecule has 0 fully saturated rings. The van der Waals surface area contributed by atoms with E-state index < -0.39 is 0 Å². The van der Waals surface area contributed by atoms with Gasteiger partial charge in [-0.1, -0.05) is 24.3 Å². The minimum atomic E-state index is -0.322. The van der Waals surface area contributed by atoms with Gasteiger partial charge in [-0.2, -0.15) is 0 Å². The minimum absolute atomic E-state index is 0.0696. The highest BCUT2D eigenvalue weighted by Crippen LogP contribution is 2.29. The van der Waals surface area contributed by atoms with Crippen LogP contribution in [-0.4, -0.2) is 18.3 Å². The van der Waals surface area contributed by atoms with E-state index in [9.17, 15) is 4.79 Å². The molecule has 1 heterocycles. The molecule has 1 aliphatic rings. The molecule has 1 amide bonds. The molecule has 6 heteroatoms. The van der Waals surface area contributed by atoms with Gasteiger partial charge in [-0.25, -0.2) is 4.99 Å². The maximum atomic E-state index is 11.3. The number of hydrogen-bond acceptors (Lipinski definition) is 4. The first-order valence-electron chi connectivity index (χ1n) is 7.81. The summed E-state index contributed by atoms with van der Waals surface area (Å²) < 4.78 is 0. The number of carbonyl (C=O) groups excluding carboxylic acids is 1. The normalized spacial score (nSPS) is 17.4. The van der Waals surface area contributed by atoms with Gasteiger partial charge in [0.1, 0.15) is 5.84 Å². The number of nitrogens with zero attached hydrogens (tertiary/aromatic N) is 1. The third-order valence-electron chi connectivity index (χ3n) is 4.12. The molecule has 124 valence electrons. The number of fused-ring (bicyclic) bond motifs is 1. The Morgan fingerprint density at radius 1 is 1.25 bits per heavy atom. The Labute approximate surface area is 146 Å². The highest BCUT2D eigenvalue weighted by Gasteiger charge is 2.21. The molecular formula is C18H20N4OS. The van der Waals surface area contributed by atoms with Crippen LogP contribution in [0.4, 0.5) is 5.69 Å². The third-order valence-corrected chi connectivity index (χ3v) is 4.51. The molecule has 0 bridgehead atoms. The number of nitrogens with one attached hydrogen (secondary N) is 1. The van der Waals surface area contributed by atoms with E-state index in [0.717, 1.165) is 34.7 Å². The summed E-state index contributed by atoms with van der Waals surface area (Å²) in [7, 11) is 0. The van der Waals surface area contributed by atoms with E-state index in [1.54, 1.807) is 0 Å². The van der Waals surface area contributed by atoms with Crippen LogP contribution in [0.25, 0.3) is 0 Å². The van der Waals surface area contributed by atoms with Crippen LogP contribution >= 0.6 is 12.6 Å². The van der Waals surface area contributed by atoms with Gasteiger partial charge in [0.15, 0.2) is 0 Å². The highest BCUT2D eigenvalue weighted by atomic mass is 32.1. The highest BCUT2D eigenvalue weighted by molar-refractivity contribution is 7.80. The summed E-state index contributed by atoms with van der Waals surface area (Å²) in [5.74, 6) is 0.0912. The lowest BCUT2D eigenvalue weighted by Crippen LogP contribution is -2.32. The van der Waals surface area contributed by atoms with Gasteiger partial charge in [-0.3, -0.25) is 4.79 Å². The van der Waals surface area contributed by atoms with E-state index in [0.29, 0.717) is 5.84 Å². The first kappa shape index (κ1) is 16.5. The average Bonchev–Trinajstić information content (AvgIpc) is 2.55. The Morgan fingerprint density at radius 2 is 2.04 bits per heavy atom. The first-order chi connectivity index (χ1) is 11.5. The minimum Gasteiger partial charge on any atom is -0.383 e. The summed E-state index contributed by atoms with van der Waals surface area (Å²) in [6.45, 7) is 0.836. The monoisotopic (exact) mass is 340 g/mol. The largest absolute Gasteiger partial charge is 0.383 e. The average molecular weight is 340 g/mol. The lowest BCUT2D eigenvalue weighted by atomic mass is 9.92. The summed E-state index contributed by atoms with van der Waals surface area (Å²) in [5.41, 5.74) is 15.3. The van der Waals surface area contributed by atoms with Crippen LogP contribution in [0.15, 0.2) is 52.4 Å². The van der Waals surface area contributed by atoms with Gasteiger partial charge in [-0.15, -0.1) is 12.6 Å². The number of benzene rings is 2. The maximum absolute atomic E-state index is 11.3. The van der Waals surface area contributed by atoms with Gasteiger partial charge in [0, 0.05) is 22.9 Å². The number of nitrogens with two attached hydrogens (primary N) is 2. The fourth-order valence-electron chi connectivity index (χ4n) is 2.97. The van der Waals surface area contributed by atoms with Crippen molar-refractivity contribution in [2.24, 2.45) is 16.5 Å². The quantitative estimate of drug-likeness (QED) is 0.390. The summed E-state index contributed by atoms with van der Waals surface area (Å²) in [6.07, 6.45) is 1.19. The van der Waals surface area contributed by atoms with Crippen molar-refractivity contribution in [3.8, 4) is 0 Å². The summed E-state index contributed by atoms with van der Waals surface area (Å²) in [6, 6.07) is 13.5. The molecule has 5 nitrogen and oxygen atoms in total. The van der Waals surface area contributed by atoms with Crippen LogP contribution in [0.5, 0.6) is 0 Å². The molecule has 2 aromatic rings. The van der Waals surface area contributed by atoms with E-state index in [4.69, 9.17) is 11.5 Å². The predicted molar refractivity (Wildman–Crippen MR) is 98.8 cm³/mol. The standard InChI is InChI=1S/C18H20N4OS/c19-17(23)10-15-14-9-12(6-5-11(14)7-8-21-15)22-18(20)13-3-1-2-4-16(13)24/h1-6,9,15,21,24H,7-8,10H2,(H2,19,23)(H2,20,22). The molecule has 24 heavy (non-hydrogen) atoms. The SMILES string of the molecule is NC(=O)CC1NCCc2ccc(N=C(N)c3ccccc3S)cc21. The van der Waals surface area contributed by atoms with Gasteiger partial charge >= 0.3 is 0 Å². The molecule has 0 spiro atoms. The Balaban J connectivity index is 1.94. The van der Waals surface area contributed by atoms with Gasteiger partial charge in [0.2, 0.25) is 5.91 Å². The molecule has 5 N–H and O–H groups in total. The molecule has 0 saturated carbocycles. The van der Waals surface area contributed by atoms with Gasteiger partial charge < -0.3 is 16.8 Å². The number of aliphatic imine (C=N–C) groups is 1. The van der Waals surface area contributed by atoms with Crippen molar-refractivity contribution < 1.29 is 4.79 Å². The topological polar surface area (TPSA) is 93.5 Å². The molecule has 1 aliphatic heterocycles. The number of amidine groups is 1. The zero-order chi connectivity index (χ0) is 17.1. The molecule has 1 unspecified atom stereocenters. The fraction of sp³-hybridized carbons (Fsp3) is 0.222. The summed E-state index contributed by atoms with van der Waals surface area (Å²) in [5, 5.41) is 3.34. The molecule has 0 aromatic heterocycles.